The van der Waals surface area contributed by atoms with Crippen LogP contribution in [-0.2, 0) is 5.41 Å². The molecule has 0 aliphatic carbocycles. The maximum Gasteiger partial charge on any atom is 0.0696 e. The number of hydrogen-bond acceptors (Lipinski definition) is 4. The molecule has 1 aromatic carbocycles. The SMILES string of the molecule is Cc1ccc2c(c1)NC[C@]21CCN(CC(O)C2CCNCC2)C[C@H]1C. The zero-order valence-electron chi connectivity index (χ0n) is 15.7. The van der Waals surface area contributed by atoms with Crippen molar-refractivity contribution in [2.75, 3.05) is 44.6 Å². The highest BCUT2D eigenvalue weighted by atomic mass is 16.3. The largest absolute Gasteiger partial charge is 0.392 e. The summed E-state index contributed by atoms with van der Waals surface area (Å²) >= 11 is 0. The highest BCUT2D eigenvalue weighted by Crippen LogP contribution is 2.47. The van der Waals surface area contributed by atoms with Gasteiger partial charge in [0.15, 0.2) is 0 Å². The fourth-order valence-electron chi connectivity index (χ4n) is 5.32. The summed E-state index contributed by atoms with van der Waals surface area (Å²) in [5, 5.41) is 17.7. The predicted molar refractivity (Wildman–Crippen MR) is 103 cm³/mol. The van der Waals surface area contributed by atoms with Crippen molar-refractivity contribution in [1.82, 2.24) is 10.2 Å². The number of likely N-dealkylation sites (tertiary alicyclic amines) is 1. The van der Waals surface area contributed by atoms with Crippen molar-refractivity contribution in [1.29, 1.82) is 0 Å². The van der Waals surface area contributed by atoms with Gasteiger partial charge >= 0.3 is 0 Å². The van der Waals surface area contributed by atoms with Crippen LogP contribution in [0.15, 0.2) is 18.2 Å². The van der Waals surface area contributed by atoms with Crippen LogP contribution in [-0.4, -0.2) is 55.4 Å². The lowest BCUT2D eigenvalue weighted by Crippen LogP contribution is -2.52. The lowest BCUT2D eigenvalue weighted by molar-refractivity contribution is 0.0228. The molecule has 3 atom stereocenters. The van der Waals surface area contributed by atoms with Crippen molar-refractivity contribution < 1.29 is 5.11 Å². The monoisotopic (exact) mass is 343 g/mol. The van der Waals surface area contributed by atoms with Gasteiger partial charge in [-0.15, -0.1) is 0 Å². The van der Waals surface area contributed by atoms with E-state index in [1.54, 1.807) is 0 Å². The summed E-state index contributed by atoms with van der Waals surface area (Å²) < 4.78 is 0. The van der Waals surface area contributed by atoms with E-state index in [1.165, 1.54) is 23.2 Å². The van der Waals surface area contributed by atoms with Crippen LogP contribution in [0.25, 0.3) is 0 Å². The maximum absolute atomic E-state index is 10.7. The minimum absolute atomic E-state index is 0.167. The maximum atomic E-state index is 10.7. The third-order valence-corrected chi connectivity index (χ3v) is 7.03. The summed E-state index contributed by atoms with van der Waals surface area (Å²) in [4.78, 5) is 2.51. The lowest BCUT2D eigenvalue weighted by Gasteiger charge is -2.45. The summed E-state index contributed by atoms with van der Waals surface area (Å²) in [7, 11) is 0. The van der Waals surface area contributed by atoms with Gasteiger partial charge in [-0.25, -0.2) is 0 Å². The van der Waals surface area contributed by atoms with Gasteiger partial charge in [0.2, 0.25) is 0 Å². The molecule has 1 unspecified atom stereocenters. The zero-order valence-corrected chi connectivity index (χ0v) is 15.7. The van der Waals surface area contributed by atoms with Crippen molar-refractivity contribution in [3.8, 4) is 0 Å². The summed E-state index contributed by atoms with van der Waals surface area (Å²) in [5.74, 6) is 1.09. The van der Waals surface area contributed by atoms with Gasteiger partial charge in [-0.1, -0.05) is 19.1 Å². The van der Waals surface area contributed by atoms with Gasteiger partial charge in [-0.2, -0.15) is 0 Å². The van der Waals surface area contributed by atoms with Gasteiger partial charge < -0.3 is 20.6 Å². The van der Waals surface area contributed by atoms with Gasteiger partial charge in [0.1, 0.15) is 0 Å². The lowest BCUT2D eigenvalue weighted by atomic mass is 9.67. The van der Waals surface area contributed by atoms with Gasteiger partial charge in [-0.3, -0.25) is 0 Å². The summed E-state index contributed by atoms with van der Waals surface area (Å²) in [6.45, 7) is 10.8. The molecule has 4 nitrogen and oxygen atoms in total. The first-order valence-electron chi connectivity index (χ1n) is 10.0. The molecule has 25 heavy (non-hydrogen) atoms. The first kappa shape index (κ1) is 17.3. The standard InChI is InChI=1S/C21H33N3O/c1-15-3-4-18-19(11-15)23-14-21(18)7-10-24(12-16(21)2)13-20(25)17-5-8-22-9-6-17/h3-4,11,16-17,20,22-23,25H,5-10,12-14H2,1-2H3/t16-,20?,21+/m1/s1. The Bertz CT molecular complexity index is 613. The highest BCUT2D eigenvalue weighted by molar-refractivity contribution is 5.62. The molecule has 2 saturated heterocycles. The third kappa shape index (κ3) is 3.20. The van der Waals surface area contributed by atoms with Crippen LogP contribution in [0.4, 0.5) is 5.69 Å². The van der Waals surface area contributed by atoms with Gasteiger partial charge in [0.25, 0.3) is 0 Å². The zero-order chi connectivity index (χ0) is 17.4. The fraction of sp³-hybridized carbons (Fsp3) is 0.714. The second-order valence-corrected chi connectivity index (χ2v) is 8.62. The van der Waals surface area contributed by atoms with Crippen molar-refractivity contribution >= 4 is 5.69 Å². The van der Waals surface area contributed by atoms with Crippen molar-refractivity contribution in [2.24, 2.45) is 11.8 Å². The van der Waals surface area contributed by atoms with E-state index in [1.807, 2.05) is 0 Å². The van der Waals surface area contributed by atoms with Gasteiger partial charge in [-0.05, 0) is 74.8 Å². The first-order chi connectivity index (χ1) is 12.1. The van der Waals surface area contributed by atoms with E-state index in [2.05, 4.69) is 47.6 Å². The molecule has 3 aliphatic rings. The Morgan fingerprint density at radius 2 is 2.12 bits per heavy atom. The van der Waals surface area contributed by atoms with E-state index in [0.717, 1.165) is 52.1 Å². The molecular weight excluding hydrogens is 310 g/mol. The molecule has 0 amide bonds. The van der Waals surface area contributed by atoms with Gasteiger partial charge in [0, 0.05) is 30.7 Å². The van der Waals surface area contributed by atoms with E-state index >= 15 is 0 Å². The molecule has 0 saturated carbocycles. The normalized spacial score (nSPS) is 31.7. The number of hydrogen-bond donors (Lipinski definition) is 3. The minimum Gasteiger partial charge on any atom is -0.392 e. The molecule has 3 heterocycles. The van der Waals surface area contributed by atoms with E-state index in [4.69, 9.17) is 0 Å². The Morgan fingerprint density at radius 1 is 1.32 bits per heavy atom. The number of piperidine rings is 2. The Labute approximate surface area is 152 Å². The van der Waals surface area contributed by atoms with Crippen molar-refractivity contribution in [3.63, 3.8) is 0 Å². The molecule has 3 aliphatic heterocycles. The average Bonchev–Trinajstić information content (AvgIpc) is 2.98. The van der Waals surface area contributed by atoms with Crippen LogP contribution in [0.3, 0.4) is 0 Å². The number of fused-ring (bicyclic) bond motifs is 2. The van der Waals surface area contributed by atoms with Crippen LogP contribution in [0.1, 0.15) is 37.3 Å². The number of aliphatic hydroxyl groups excluding tert-OH is 1. The number of nitrogens with one attached hydrogen (secondary N) is 2. The number of nitrogens with zero attached hydrogens (tertiary/aromatic N) is 1. The van der Waals surface area contributed by atoms with Crippen LogP contribution < -0.4 is 10.6 Å². The molecule has 3 N–H and O–H groups in total. The average molecular weight is 344 g/mol. The molecule has 0 radical (unpaired) electrons. The Morgan fingerprint density at radius 3 is 2.88 bits per heavy atom. The van der Waals surface area contributed by atoms with E-state index in [9.17, 15) is 5.11 Å². The Balaban J connectivity index is 1.41. The number of anilines is 1. The molecular formula is C21H33N3O. The van der Waals surface area contributed by atoms with Crippen LogP contribution >= 0.6 is 0 Å². The first-order valence-corrected chi connectivity index (χ1v) is 10.0. The highest BCUT2D eigenvalue weighted by Gasteiger charge is 2.46. The smallest absolute Gasteiger partial charge is 0.0696 e. The molecule has 1 aromatic rings. The van der Waals surface area contributed by atoms with Gasteiger partial charge in [0.05, 0.1) is 6.10 Å². The number of aliphatic hydroxyl groups is 1. The summed E-state index contributed by atoms with van der Waals surface area (Å²) in [6.07, 6.45) is 3.26. The van der Waals surface area contributed by atoms with Crippen LogP contribution in [0.5, 0.6) is 0 Å². The molecule has 0 aromatic heterocycles. The number of aryl methyl sites for hydroxylation is 1. The minimum atomic E-state index is -0.167. The topological polar surface area (TPSA) is 47.5 Å². The summed E-state index contributed by atoms with van der Waals surface area (Å²) in [5.41, 5.74) is 4.47. The Hall–Kier alpha value is -1.10. The Kier molecular flexibility index (Phi) is 4.78. The van der Waals surface area contributed by atoms with Crippen LogP contribution in [0, 0.1) is 18.8 Å². The third-order valence-electron chi connectivity index (χ3n) is 7.03. The second-order valence-electron chi connectivity index (χ2n) is 8.62. The van der Waals surface area contributed by atoms with Crippen molar-refractivity contribution in [2.45, 2.75) is 44.6 Å². The van der Waals surface area contributed by atoms with E-state index in [0.29, 0.717) is 11.8 Å². The molecule has 4 heteroatoms. The fourth-order valence-corrected chi connectivity index (χ4v) is 5.32. The molecule has 0 bridgehead atoms. The second kappa shape index (κ2) is 6.90. The van der Waals surface area contributed by atoms with Crippen LogP contribution in [0.2, 0.25) is 0 Å². The molecule has 138 valence electrons. The molecule has 2 fully saturated rings. The molecule has 1 spiro atoms. The number of benzene rings is 1. The number of β-amino-alcohol motifs (C(OH)–C–C–N with tert-alkyl or cyclic N) is 1. The van der Waals surface area contributed by atoms with E-state index in [-0.39, 0.29) is 11.5 Å². The molecule has 4 rings (SSSR count). The predicted octanol–water partition coefficient (Wildman–Crippen LogP) is 2.36. The van der Waals surface area contributed by atoms with E-state index < -0.39 is 0 Å². The number of rotatable bonds is 3. The quantitative estimate of drug-likeness (QED) is 0.789. The summed E-state index contributed by atoms with van der Waals surface area (Å²) in [6, 6.07) is 6.90. The van der Waals surface area contributed by atoms with Crippen molar-refractivity contribution in [3.05, 3.63) is 29.3 Å².